The lowest BCUT2D eigenvalue weighted by Crippen LogP contribution is -2.38. The van der Waals surface area contributed by atoms with Gasteiger partial charge in [0.05, 0.1) is 18.4 Å². The van der Waals surface area contributed by atoms with Gasteiger partial charge in [0, 0.05) is 25.1 Å². The lowest BCUT2D eigenvalue weighted by Gasteiger charge is -2.32. The van der Waals surface area contributed by atoms with Gasteiger partial charge in [-0.15, -0.1) is 0 Å². The summed E-state index contributed by atoms with van der Waals surface area (Å²) in [5.41, 5.74) is 3.30. The topological polar surface area (TPSA) is 37.6 Å². The minimum atomic E-state index is 0.239. The highest BCUT2D eigenvalue weighted by Gasteiger charge is 2.27. The first-order valence-electron chi connectivity index (χ1n) is 8.05. The Morgan fingerprint density at radius 1 is 1.09 bits per heavy atom. The van der Waals surface area contributed by atoms with Crippen molar-refractivity contribution in [1.29, 1.82) is 0 Å². The predicted octanol–water partition coefficient (Wildman–Crippen LogP) is 3.24. The zero-order valence-corrected chi connectivity index (χ0v) is 12.9. The lowest BCUT2D eigenvalue weighted by molar-refractivity contribution is -0.134. The zero-order chi connectivity index (χ0) is 15.6. The molecule has 3 aromatic rings. The van der Waals surface area contributed by atoms with Gasteiger partial charge in [-0.05, 0) is 24.1 Å². The zero-order valence-electron chi connectivity index (χ0n) is 12.9. The Morgan fingerprint density at radius 2 is 1.91 bits per heavy atom. The molecular formula is C19H19N3O. The first-order valence-corrected chi connectivity index (χ1v) is 8.05. The van der Waals surface area contributed by atoms with Gasteiger partial charge in [-0.2, -0.15) is 0 Å². The first kappa shape index (κ1) is 14.0. The number of amides is 1. The minimum Gasteiger partial charge on any atom is -0.336 e. The highest BCUT2D eigenvalue weighted by Crippen LogP contribution is 2.28. The smallest absolute Gasteiger partial charge is 0.222 e. The van der Waals surface area contributed by atoms with Crippen molar-refractivity contribution in [2.75, 3.05) is 6.54 Å². The van der Waals surface area contributed by atoms with Gasteiger partial charge >= 0.3 is 0 Å². The van der Waals surface area contributed by atoms with Gasteiger partial charge in [0.25, 0.3) is 0 Å². The van der Waals surface area contributed by atoms with E-state index < -0.39 is 0 Å². The maximum atomic E-state index is 12.3. The van der Waals surface area contributed by atoms with Gasteiger partial charge in [-0.25, -0.2) is 4.98 Å². The number of likely N-dealkylation sites (tertiary alicyclic amines) is 1. The van der Waals surface area contributed by atoms with Crippen LogP contribution in [0.2, 0.25) is 0 Å². The summed E-state index contributed by atoms with van der Waals surface area (Å²) in [5.74, 6) is 0.663. The normalized spacial score (nSPS) is 18.5. The fraction of sp³-hybridized carbons (Fsp3) is 0.263. The van der Waals surface area contributed by atoms with E-state index in [1.165, 1.54) is 5.56 Å². The van der Waals surface area contributed by atoms with Gasteiger partial charge in [0.1, 0.15) is 5.65 Å². The molecule has 116 valence electrons. The van der Waals surface area contributed by atoms with Crippen molar-refractivity contribution in [3.63, 3.8) is 0 Å². The van der Waals surface area contributed by atoms with Crippen molar-refractivity contribution in [1.82, 2.24) is 14.3 Å². The van der Waals surface area contributed by atoms with E-state index >= 15 is 0 Å². The maximum Gasteiger partial charge on any atom is 0.222 e. The maximum absolute atomic E-state index is 12.3. The van der Waals surface area contributed by atoms with Crippen LogP contribution in [0.5, 0.6) is 0 Å². The number of fused-ring (bicyclic) bond motifs is 1. The molecule has 0 radical (unpaired) electrons. The summed E-state index contributed by atoms with van der Waals surface area (Å²) in [6.45, 7) is 1.40. The molecule has 1 aromatic carbocycles. The van der Waals surface area contributed by atoms with Crippen LogP contribution in [0.3, 0.4) is 0 Å². The summed E-state index contributed by atoms with van der Waals surface area (Å²) in [7, 11) is 0. The third-order valence-corrected chi connectivity index (χ3v) is 4.62. The van der Waals surface area contributed by atoms with E-state index in [4.69, 9.17) is 0 Å². The van der Waals surface area contributed by atoms with Crippen LogP contribution in [0.15, 0.2) is 60.9 Å². The molecular weight excluding hydrogens is 286 g/mol. The van der Waals surface area contributed by atoms with E-state index in [9.17, 15) is 4.79 Å². The van der Waals surface area contributed by atoms with Crippen molar-refractivity contribution < 1.29 is 4.79 Å². The molecule has 4 rings (SSSR count). The summed E-state index contributed by atoms with van der Waals surface area (Å²) in [4.78, 5) is 18.7. The molecule has 0 saturated carbocycles. The second kappa shape index (κ2) is 5.88. The van der Waals surface area contributed by atoms with Gasteiger partial charge < -0.3 is 9.30 Å². The number of carbonyl (C=O) groups excluding carboxylic acids is 1. The van der Waals surface area contributed by atoms with Crippen LogP contribution in [0.4, 0.5) is 0 Å². The number of imidazole rings is 1. The summed E-state index contributed by atoms with van der Waals surface area (Å²) >= 11 is 0. The molecule has 1 atom stereocenters. The molecule has 1 aliphatic heterocycles. The largest absolute Gasteiger partial charge is 0.336 e. The fourth-order valence-corrected chi connectivity index (χ4v) is 3.36. The van der Waals surface area contributed by atoms with Gasteiger partial charge in [-0.3, -0.25) is 4.79 Å². The molecule has 1 saturated heterocycles. The summed E-state index contributed by atoms with van der Waals surface area (Å²) in [6, 6.07) is 16.4. The van der Waals surface area contributed by atoms with Crippen molar-refractivity contribution >= 4 is 11.6 Å². The average Bonchev–Trinajstić information content (AvgIpc) is 3.01. The predicted molar refractivity (Wildman–Crippen MR) is 89.0 cm³/mol. The summed E-state index contributed by atoms with van der Waals surface area (Å²) in [5, 5.41) is 0. The number of rotatable bonds is 3. The van der Waals surface area contributed by atoms with Gasteiger partial charge in [0.2, 0.25) is 5.91 Å². The van der Waals surface area contributed by atoms with Crippen LogP contribution in [-0.2, 0) is 11.3 Å². The number of piperidine rings is 1. The second-order valence-electron chi connectivity index (χ2n) is 6.10. The number of nitrogens with zero attached hydrogens (tertiary/aromatic N) is 3. The van der Waals surface area contributed by atoms with E-state index in [0.29, 0.717) is 18.9 Å². The van der Waals surface area contributed by atoms with E-state index in [-0.39, 0.29) is 5.91 Å². The SMILES string of the molecule is O=C1CCC(c2ccccc2)CN1Cc1cnc2ccccn12. The Hall–Kier alpha value is -2.62. The Kier molecular flexibility index (Phi) is 3.58. The van der Waals surface area contributed by atoms with E-state index in [1.54, 1.807) is 0 Å². The minimum absolute atomic E-state index is 0.239. The summed E-state index contributed by atoms with van der Waals surface area (Å²) in [6.07, 6.45) is 5.43. The molecule has 1 aliphatic rings. The Bertz CT molecular complexity index is 825. The number of hydrogen-bond acceptors (Lipinski definition) is 2. The van der Waals surface area contributed by atoms with E-state index in [1.807, 2.05) is 41.6 Å². The molecule has 0 aliphatic carbocycles. The third-order valence-electron chi connectivity index (χ3n) is 4.62. The molecule has 0 spiro atoms. The number of pyridine rings is 1. The van der Waals surface area contributed by atoms with Crippen molar-refractivity contribution in [2.24, 2.45) is 0 Å². The van der Waals surface area contributed by atoms with Crippen molar-refractivity contribution in [3.8, 4) is 0 Å². The quantitative estimate of drug-likeness (QED) is 0.745. The first-order chi connectivity index (χ1) is 11.3. The average molecular weight is 305 g/mol. The van der Waals surface area contributed by atoms with Crippen LogP contribution in [0, 0.1) is 0 Å². The molecule has 1 fully saturated rings. The number of hydrogen-bond donors (Lipinski definition) is 0. The Labute approximate surface area is 135 Å². The van der Waals surface area contributed by atoms with E-state index in [0.717, 1.165) is 24.3 Å². The third kappa shape index (κ3) is 2.72. The Morgan fingerprint density at radius 3 is 2.78 bits per heavy atom. The highest BCUT2D eigenvalue weighted by molar-refractivity contribution is 5.77. The second-order valence-corrected chi connectivity index (χ2v) is 6.10. The monoisotopic (exact) mass is 305 g/mol. The number of benzene rings is 1. The van der Waals surface area contributed by atoms with Crippen molar-refractivity contribution in [2.45, 2.75) is 25.3 Å². The van der Waals surface area contributed by atoms with Crippen LogP contribution in [0.25, 0.3) is 5.65 Å². The molecule has 4 heteroatoms. The van der Waals surface area contributed by atoms with Crippen LogP contribution in [0.1, 0.15) is 30.0 Å². The summed E-state index contributed by atoms with van der Waals surface area (Å²) < 4.78 is 2.05. The molecule has 1 amide bonds. The van der Waals surface area contributed by atoms with Crippen LogP contribution >= 0.6 is 0 Å². The lowest BCUT2D eigenvalue weighted by atomic mass is 9.90. The molecule has 1 unspecified atom stereocenters. The number of aromatic nitrogens is 2. The number of carbonyl (C=O) groups is 1. The van der Waals surface area contributed by atoms with E-state index in [2.05, 4.69) is 33.7 Å². The van der Waals surface area contributed by atoms with Crippen LogP contribution in [-0.4, -0.2) is 26.7 Å². The molecule has 0 bridgehead atoms. The Balaban J connectivity index is 1.56. The molecule has 23 heavy (non-hydrogen) atoms. The molecule has 3 heterocycles. The van der Waals surface area contributed by atoms with Crippen LogP contribution < -0.4 is 0 Å². The fourth-order valence-electron chi connectivity index (χ4n) is 3.36. The van der Waals surface area contributed by atoms with Crippen molar-refractivity contribution in [3.05, 3.63) is 72.2 Å². The van der Waals surface area contributed by atoms with Gasteiger partial charge in [0.15, 0.2) is 0 Å². The van der Waals surface area contributed by atoms with Gasteiger partial charge in [-0.1, -0.05) is 36.4 Å². The highest BCUT2D eigenvalue weighted by atomic mass is 16.2. The molecule has 0 N–H and O–H groups in total. The standard InChI is InChI=1S/C19H19N3O/c23-19-10-9-16(15-6-2-1-3-7-15)13-21(19)14-17-12-20-18-8-4-5-11-22(17)18/h1-8,11-12,16H,9-10,13-14H2. The molecule has 4 nitrogen and oxygen atoms in total. The molecule has 2 aromatic heterocycles.